The number of rotatable bonds is 8. The van der Waals surface area contributed by atoms with Gasteiger partial charge in [-0.3, -0.25) is 9.59 Å². The van der Waals surface area contributed by atoms with Crippen LogP contribution in [0.25, 0.3) is 0 Å². The van der Waals surface area contributed by atoms with Crippen LogP contribution in [0.5, 0.6) is 0 Å². The fourth-order valence-electron chi connectivity index (χ4n) is 3.85. The molecule has 1 saturated heterocycles. The maximum atomic E-state index is 13.0. The third-order valence-electron chi connectivity index (χ3n) is 5.42. The molecule has 32 heavy (non-hydrogen) atoms. The number of amides is 2. The summed E-state index contributed by atoms with van der Waals surface area (Å²) in [6, 6.07) is 12.7. The van der Waals surface area contributed by atoms with Crippen LogP contribution in [-0.4, -0.2) is 44.0 Å². The van der Waals surface area contributed by atoms with Crippen molar-refractivity contribution >= 4 is 29.2 Å². The molecule has 2 aromatic rings. The lowest BCUT2D eigenvalue weighted by Crippen LogP contribution is -2.33. The lowest BCUT2D eigenvalue weighted by Gasteiger charge is -2.30. The van der Waals surface area contributed by atoms with Gasteiger partial charge in [0, 0.05) is 37.9 Å². The summed E-state index contributed by atoms with van der Waals surface area (Å²) >= 11 is 0. The Bertz CT molecular complexity index is 950. The van der Waals surface area contributed by atoms with Crippen LogP contribution in [0.4, 0.5) is 11.4 Å². The maximum Gasteiger partial charge on any atom is 0.338 e. The molecule has 2 N–H and O–H groups in total. The fourth-order valence-corrected chi connectivity index (χ4v) is 3.85. The van der Waals surface area contributed by atoms with E-state index in [0.29, 0.717) is 36.4 Å². The highest BCUT2D eigenvalue weighted by Gasteiger charge is 2.19. The van der Waals surface area contributed by atoms with Crippen molar-refractivity contribution in [1.82, 2.24) is 5.32 Å². The van der Waals surface area contributed by atoms with E-state index >= 15 is 0 Å². The van der Waals surface area contributed by atoms with E-state index in [4.69, 9.17) is 4.74 Å². The normalized spacial score (nSPS) is 13.4. The molecule has 0 saturated carbocycles. The van der Waals surface area contributed by atoms with Gasteiger partial charge in [0.2, 0.25) is 5.91 Å². The van der Waals surface area contributed by atoms with E-state index < -0.39 is 0 Å². The Morgan fingerprint density at radius 1 is 1.00 bits per heavy atom. The van der Waals surface area contributed by atoms with Gasteiger partial charge >= 0.3 is 5.97 Å². The van der Waals surface area contributed by atoms with Gasteiger partial charge in [-0.15, -0.1) is 0 Å². The van der Waals surface area contributed by atoms with Crippen LogP contribution in [0, 0.1) is 0 Å². The number of hydrogen-bond acceptors (Lipinski definition) is 5. The first-order chi connectivity index (χ1) is 15.5. The number of esters is 1. The Labute approximate surface area is 189 Å². The van der Waals surface area contributed by atoms with E-state index in [-0.39, 0.29) is 17.8 Å². The van der Waals surface area contributed by atoms with Gasteiger partial charge in [-0.05, 0) is 68.5 Å². The Morgan fingerprint density at radius 3 is 2.38 bits per heavy atom. The van der Waals surface area contributed by atoms with Crippen molar-refractivity contribution in [1.29, 1.82) is 0 Å². The monoisotopic (exact) mass is 437 g/mol. The van der Waals surface area contributed by atoms with Crippen molar-refractivity contribution < 1.29 is 19.1 Å². The number of hydrogen-bond donors (Lipinski definition) is 2. The summed E-state index contributed by atoms with van der Waals surface area (Å²) in [5.74, 6) is -0.675. The van der Waals surface area contributed by atoms with Crippen molar-refractivity contribution in [2.75, 3.05) is 36.5 Å². The van der Waals surface area contributed by atoms with Crippen LogP contribution >= 0.6 is 0 Å². The SMILES string of the molecule is CCOC(=O)c1ccc(CCNC(=O)c2cc(NC(C)=O)ccc2N2CCCCC2)cc1. The number of carbonyl (C=O) groups is 3. The van der Waals surface area contributed by atoms with Gasteiger partial charge in [-0.2, -0.15) is 0 Å². The van der Waals surface area contributed by atoms with E-state index in [2.05, 4.69) is 15.5 Å². The summed E-state index contributed by atoms with van der Waals surface area (Å²) in [6.07, 6.45) is 4.06. The van der Waals surface area contributed by atoms with Crippen LogP contribution in [0.15, 0.2) is 42.5 Å². The van der Waals surface area contributed by atoms with Gasteiger partial charge in [0.15, 0.2) is 0 Å². The summed E-state index contributed by atoms with van der Waals surface area (Å²) in [5.41, 5.74) is 3.60. The minimum atomic E-state index is -0.336. The molecule has 7 heteroatoms. The molecule has 3 rings (SSSR count). The molecule has 1 aliphatic heterocycles. The van der Waals surface area contributed by atoms with Crippen LogP contribution in [0.1, 0.15) is 59.4 Å². The van der Waals surface area contributed by atoms with Gasteiger partial charge in [-0.1, -0.05) is 12.1 Å². The molecule has 1 heterocycles. The smallest absolute Gasteiger partial charge is 0.338 e. The molecule has 1 fully saturated rings. The van der Waals surface area contributed by atoms with Crippen molar-refractivity contribution in [3.8, 4) is 0 Å². The minimum Gasteiger partial charge on any atom is -0.462 e. The molecule has 7 nitrogen and oxygen atoms in total. The van der Waals surface area contributed by atoms with Gasteiger partial charge in [0.25, 0.3) is 5.91 Å². The van der Waals surface area contributed by atoms with Crippen molar-refractivity contribution in [3.05, 3.63) is 59.2 Å². The summed E-state index contributed by atoms with van der Waals surface area (Å²) in [7, 11) is 0. The number of carbonyl (C=O) groups excluding carboxylic acids is 3. The molecule has 170 valence electrons. The van der Waals surface area contributed by atoms with E-state index in [1.807, 2.05) is 24.3 Å². The third kappa shape index (κ3) is 6.33. The second-order valence-electron chi connectivity index (χ2n) is 7.88. The minimum absolute atomic E-state index is 0.166. The molecule has 2 aromatic carbocycles. The third-order valence-corrected chi connectivity index (χ3v) is 5.42. The molecule has 0 bridgehead atoms. The zero-order valence-corrected chi connectivity index (χ0v) is 18.8. The number of anilines is 2. The van der Waals surface area contributed by atoms with Crippen molar-refractivity contribution in [2.24, 2.45) is 0 Å². The average Bonchev–Trinajstić information content (AvgIpc) is 2.80. The zero-order chi connectivity index (χ0) is 22.9. The first-order valence-corrected chi connectivity index (χ1v) is 11.2. The molecule has 1 aliphatic rings. The topological polar surface area (TPSA) is 87.7 Å². The highest BCUT2D eigenvalue weighted by molar-refractivity contribution is 6.02. The second-order valence-corrected chi connectivity index (χ2v) is 7.88. The lowest BCUT2D eigenvalue weighted by atomic mass is 10.1. The number of benzene rings is 2. The quantitative estimate of drug-likeness (QED) is 0.614. The molecule has 0 aromatic heterocycles. The number of nitrogens with zero attached hydrogens (tertiary/aromatic N) is 1. The number of piperidine rings is 1. The highest BCUT2D eigenvalue weighted by atomic mass is 16.5. The Balaban J connectivity index is 1.66. The first-order valence-electron chi connectivity index (χ1n) is 11.2. The van der Waals surface area contributed by atoms with Crippen LogP contribution < -0.4 is 15.5 Å². The van der Waals surface area contributed by atoms with E-state index in [9.17, 15) is 14.4 Å². The van der Waals surface area contributed by atoms with Crippen molar-refractivity contribution in [2.45, 2.75) is 39.5 Å². The fraction of sp³-hybridized carbons (Fsp3) is 0.400. The molecule has 2 amide bonds. The standard InChI is InChI=1S/C25H31N3O4/c1-3-32-25(31)20-9-7-19(8-10-20)13-14-26-24(30)22-17-21(27-18(2)29)11-12-23(22)28-15-5-4-6-16-28/h7-12,17H,3-6,13-16H2,1-2H3,(H,26,30)(H,27,29). The zero-order valence-electron chi connectivity index (χ0n) is 18.8. The van der Waals surface area contributed by atoms with Crippen molar-refractivity contribution in [3.63, 3.8) is 0 Å². The molecule has 0 radical (unpaired) electrons. The largest absolute Gasteiger partial charge is 0.462 e. The number of ether oxygens (including phenoxy) is 1. The summed E-state index contributed by atoms with van der Waals surface area (Å²) < 4.78 is 5.00. The second kappa shape index (κ2) is 11.3. The predicted octanol–water partition coefficient (Wildman–Crippen LogP) is 3.78. The molecule has 0 atom stereocenters. The molecular formula is C25H31N3O4. The van der Waals surface area contributed by atoms with Crippen LogP contribution in [0.2, 0.25) is 0 Å². The maximum absolute atomic E-state index is 13.0. The highest BCUT2D eigenvalue weighted by Crippen LogP contribution is 2.27. The Hall–Kier alpha value is -3.35. The van der Waals surface area contributed by atoms with Crippen LogP contribution in [0.3, 0.4) is 0 Å². The molecule has 0 unspecified atom stereocenters. The summed E-state index contributed by atoms with van der Waals surface area (Å²) in [5, 5.41) is 5.76. The summed E-state index contributed by atoms with van der Waals surface area (Å²) in [6.45, 7) is 5.87. The molecule has 0 aliphatic carbocycles. The average molecular weight is 438 g/mol. The molecule has 0 spiro atoms. The molecular weight excluding hydrogens is 406 g/mol. The van der Waals surface area contributed by atoms with Gasteiger partial charge in [0.05, 0.1) is 17.7 Å². The van der Waals surface area contributed by atoms with E-state index in [0.717, 1.165) is 37.2 Å². The van der Waals surface area contributed by atoms with E-state index in [1.165, 1.54) is 13.3 Å². The predicted molar refractivity (Wildman–Crippen MR) is 125 cm³/mol. The number of nitrogens with one attached hydrogen (secondary N) is 2. The lowest BCUT2D eigenvalue weighted by molar-refractivity contribution is -0.114. The van der Waals surface area contributed by atoms with Gasteiger partial charge in [-0.25, -0.2) is 4.79 Å². The van der Waals surface area contributed by atoms with E-state index in [1.54, 1.807) is 25.1 Å². The summed E-state index contributed by atoms with van der Waals surface area (Å²) in [4.78, 5) is 38.5. The van der Waals surface area contributed by atoms with Gasteiger partial charge in [0.1, 0.15) is 0 Å². The van der Waals surface area contributed by atoms with Crippen LogP contribution in [-0.2, 0) is 16.0 Å². The van der Waals surface area contributed by atoms with Gasteiger partial charge < -0.3 is 20.3 Å². The Morgan fingerprint density at radius 2 is 1.72 bits per heavy atom. The Kier molecular flexibility index (Phi) is 8.25. The first kappa shape index (κ1) is 23.3.